The molecule has 0 aliphatic rings. The van der Waals surface area contributed by atoms with Crippen molar-refractivity contribution in [2.75, 3.05) is 5.32 Å². The lowest BCUT2D eigenvalue weighted by atomic mass is 10.1. The maximum atomic E-state index is 13.0. The van der Waals surface area contributed by atoms with E-state index in [-0.39, 0.29) is 17.9 Å². The molecular formula is C27H30N2O3. The third kappa shape index (κ3) is 5.76. The Kier molecular flexibility index (Phi) is 7.66. The number of nitrogens with one attached hydrogen (secondary N) is 2. The van der Waals surface area contributed by atoms with Crippen molar-refractivity contribution in [1.82, 2.24) is 5.32 Å². The van der Waals surface area contributed by atoms with Gasteiger partial charge in [0.1, 0.15) is 5.75 Å². The summed E-state index contributed by atoms with van der Waals surface area (Å²) in [5.74, 6) is 0.111. The Labute approximate surface area is 189 Å². The molecule has 0 saturated heterocycles. The SMILES string of the molecule is CC[C@@H](Oc1ccc(C)c(C)c1)C(=O)Nc1ccccc1C(=O)N[C@@H](C)c1ccccc1. The molecule has 166 valence electrons. The summed E-state index contributed by atoms with van der Waals surface area (Å²) >= 11 is 0. The lowest BCUT2D eigenvalue weighted by Crippen LogP contribution is -2.34. The number of rotatable bonds is 8. The Balaban J connectivity index is 1.72. The number of benzene rings is 3. The molecule has 0 aliphatic heterocycles. The second kappa shape index (κ2) is 10.6. The third-order valence-corrected chi connectivity index (χ3v) is 5.50. The first-order valence-corrected chi connectivity index (χ1v) is 10.9. The summed E-state index contributed by atoms with van der Waals surface area (Å²) in [6.07, 6.45) is -0.172. The Morgan fingerprint density at radius 3 is 2.28 bits per heavy atom. The summed E-state index contributed by atoms with van der Waals surface area (Å²) in [6.45, 7) is 7.86. The van der Waals surface area contributed by atoms with Crippen LogP contribution in [-0.4, -0.2) is 17.9 Å². The summed E-state index contributed by atoms with van der Waals surface area (Å²) in [6, 6.07) is 22.3. The van der Waals surface area contributed by atoms with Crippen LogP contribution < -0.4 is 15.4 Å². The number of hydrogen-bond acceptors (Lipinski definition) is 3. The predicted octanol–water partition coefficient (Wildman–Crippen LogP) is 5.59. The van der Waals surface area contributed by atoms with Gasteiger partial charge in [0.05, 0.1) is 17.3 Å². The van der Waals surface area contributed by atoms with Gasteiger partial charge in [0, 0.05) is 0 Å². The molecule has 0 saturated carbocycles. The summed E-state index contributed by atoms with van der Waals surface area (Å²) < 4.78 is 5.94. The minimum atomic E-state index is -0.670. The molecule has 0 radical (unpaired) electrons. The van der Waals surface area contributed by atoms with Crippen LogP contribution in [0.3, 0.4) is 0 Å². The largest absolute Gasteiger partial charge is 0.481 e. The molecule has 0 heterocycles. The number of carbonyl (C=O) groups is 2. The Hall–Kier alpha value is -3.60. The van der Waals surface area contributed by atoms with Gasteiger partial charge in [-0.1, -0.05) is 55.5 Å². The van der Waals surface area contributed by atoms with Gasteiger partial charge < -0.3 is 15.4 Å². The van der Waals surface area contributed by atoms with Crippen LogP contribution in [0.15, 0.2) is 72.8 Å². The first-order valence-electron chi connectivity index (χ1n) is 10.9. The van der Waals surface area contributed by atoms with E-state index in [9.17, 15) is 9.59 Å². The fourth-order valence-electron chi connectivity index (χ4n) is 3.38. The normalized spacial score (nSPS) is 12.5. The van der Waals surface area contributed by atoms with Gasteiger partial charge in [-0.2, -0.15) is 0 Å². The van der Waals surface area contributed by atoms with E-state index in [1.54, 1.807) is 24.3 Å². The van der Waals surface area contributed by atoms with Crippen molar-refractivity contribution in [2.45, 2.75) is 46.3 Å². The average molecular weight is 431 g/mol. The van der Waals surface area contributed by atoms with Crippen molar-refractivity contribution >= 4 is 17.5 Å². The lowest BCUT2D eigenvalue weighted by Gasteiger charge is -2.20. The molecule has 5 nitrogen and oxygen atoms in total. The van der Waals surface area contributed by atoms with Gasteiger partial charge in [-0.25, -0.2) is 0 Å². The van der Waals surface area contributed by atoms with Crippen LogP contribution in [0.1, 0.15) is 53.4 Å². The Morgan fingerprint density at radius 1 is 0.906 bits per heavy atom. The van der Waals surface area contributed by atoms with Crippen LogP contribution in [0.5, 0.6) is 5.75 Å². The van der Waals surface area contributed by atoms with Crippen molar-refractivity contribution in [1.29, 1.82) is 0 Å². The van der Waals surface area contributed by atoms with Gasteiger partial charge in [-0.05, 0) is 68.1 Å². The lowest BCUT2D eigenvalue weighted by molar-refractivity contribution is -0.122. The summed E-state index contributed by atoms with van der Waals surface area (Å²) in [5, 5.41) is 5.88. The number of ether oxygens (including phenoxy) is 1. The van der Waals surface area contributed by atoms with Crippen molar-refractivity contribution in [3.8, 4) is 5.75 Å². The summed E-state index contributed by atoms with van der Waals surface area (Å²) in [5.41, 5.74) is 4.14. The van der Waals surface area contributed by atoms with Gasteiger partial charge in [0.15, 0.2) is 6.10 Å². The Morgan fingerprint density at radius 2 is 1.59 bits per heavy atom. The number of amides is 2. The van der Waals surface area contributed by atoms with E-state index in [1.165, 1.54) is 5.56 Å². The number of hydrogen-bond donors (Lipinski definition) is 2. The number of aryl methyl sites for hydroxylation is 2. The molecule has 0 unspecified atom stereocenters. The van der Waals surface area contributed by atoms with Crippen molar-refractivity contribution < 1.29 is 14.3 Å². The molecule has 0 fully saturated rings. The fraction of sp³-hybridized carbons (Fsp3) is 0.259. The zero-order valence-corrected chi connectivity index (χ0v) is 19.0. The third-order valence-electron chi connectivity index (χ3n) is 5.50. The molecule has 32 heavy (non-hydrogen) atoms. The van der Waals surface area contributed by atoms with Gasteiger partial charge in [-0.15, -0.1) is 0 Å². The first kappa shape index (κ1) is 23.1. The van der Waals surface area contributed by atoms with E-state index in [0.717, 1.165) is 11.1 Å². The van der Waals surface area contributed by atoms with E-state index in [1.807, 2.05) is 76.2 Å². The monoisotopic (exact) mass is 430 g/mol. The molecular weight excluding hydrogens is 400 g/mol. The standard InChI is InChI=1S/C27H30N2O3/c1-5-25(32-22-16-15-18(2)19(3)17-22)27(31)29-24-14-10-9-13-23(24)26(30)28-20(4)21-11-7-6-8-12-21/h6-17,20,25H,5H2,1-4H3,(H,28,30)(H,29,31)/t20-,25+/m0/s1. The maximum Gasteiger partial charge on any atom is 0.265 e. The van der Waals surface area contributed by atoms with Gasteiger partial charge in [0.25, 0.3) is 11.8 Å². The predicted molar refractivity (Wildman–Crippen MR) is 128 cm³/mol. The van der Waals surface area contributed by atoms with Crippen LogP contribution in [0.25, 0.3) is 0 Å². The fourth-order valence-corrected chi connectivity index (χ4v) is 3.38. The zero-order chi connectivity index (χ0) is 23.1. The van der Waals surface area contributed by atoms with Crippen LogP contribution in [0, 0.1) is 13.8 Å². The molecule has 0 spiro atoms. The molecule has 3 rings (SSSR count). The van der Waals surface area contributed by atoms with Crippen LogP contribution >= 0.6 is 0 Å². The second-order valence-electron chi connectivity index (χ2n) is 7.90. The first-order chi connectivity index (χ1) is 15.4. The zero-order valence-electron chi connectivity index (χ0n) is 19.0. The van der Waals surface area contributed by atoms with Gasteiger partial charge >= 0.3 is 0 Å². The van der Waals surface area contributed by atoms with Crippen LogP contribution in [-0.2, 0) is 4.79 Å². The highest BCUT2D eigenvalue weighted by Gasteiger charge is 2.22. The van der Waals surface area contributed by atoms with Crippen LogP contribution in [0.2, 0.25) is 0 Å². The molecule has 3 aromatic carbocycles. The number of carbonyl (C=O) groups excluding carboxylic acids is 2. The molecule has 3 aromatic rings. The van der Waals surface area contributed by atoms with Gasteiger partial charge in [-0.3, -0.25) is 9.59 Å². The molecule has 2 atom stereocenters. The van der Waals surface area contributed by atoms with E-state index in [2.05, 4.69) is 10.6 Å². The molecule has 0 aromatic heterocycles. The van der Waals surface area contributed by atoms with Crippen molar-refractivity contribution in [3.63, 3.8) is 0 Å². The minimum Gasteiger partial charge on any atom is -0.481 e. The van der Waals surface area contributed by atoms with Crippen molar-refractivity contribution in [3.05, 3.63) is 95.1 Å². The Bertz CT molecular complexity index is 1080. The van der Waals surface area contributed by atoms with E-state index >= 15 is 0 Å². The quantitative estimate of drug-likeness (QED) is 0.489. The number of para-hydroxylation sites is 1. The highest BCUT2D eigenvalue weighted by molar-refractivity contribution is 6.04. The van der Waals surface area contributed by atoms with E-state index in [0.29, 0.717) is 23.4 Å². The minimum absolute atomic E-state index is 0.163. The van der Waals surface area contributed by atoms with Crippen molar-refractivity contribution in [2.24, 2.45) is 0 Å². The van der Waals surface area contributed by atoms with E-state index in [4.69, 9.17) is 4.74 Å². The molecule has 2 amide bonds. The number of anilines is 1. The van der Waals surface area contributed by atoms with Gasteiger partial charge in [0.2, 0.25) is 0 Å². The molecule has 5 heteroatoms. The second-order valence-corrected chi connectivity index (χ2v) is 7.90. The molecule has 0 bridgehead atoms. The summed E-state index contributed by atoms with van der Waals surface area (Å²) in [4.78, 5) is 25.9. The summed E-state index contributed by atoms with van der Waals surface area (Å²) in [7, 11) is 0. The molecule has 2 N–H and O–H groups in total. The maximum absolute atomic E-state index is 13.0. The smallest absolute Gasteiger partial charge is 0.265 e. The van der Waals surface area contributed by atoms with E-state index < -0.39 is 6.10 Å². The average Bonchev–Trinajstić information content (AvgIpc) is 2.80. The molecule has 0 aliphatic carbocycles. The highest BCUT2D eigenvalue weighted by atomic mass is 16.5. The topological polar surface area (TPSA) is 67.4 Å². The van der Waals surface area contributed by atoms with Crippen LogP contribution in [0.4, 0.5) is 5.69 Å². The highest BCUT2D eigenvalue weighted by Crippen LogP contribution is 2.21.